The summed E-state index contributed by atoms with van der Waals surface area (Å²) in [5.74, 6) is 2.47. The molecule has 27 heavy (non-hydrogen) atoms. The molecule has 2 heterocycles. The van der Waals surface area contributed by atoms with E-state index in [0.717, 1.165) is 11.3 Å². The van der Waals surface area contributed by atoms with Crippen molar-refractivity contribution in [2.45, 2.75) is 84.3 Å². The van der Waals surface area contributed by atoms with E-state index >= 15 is 0 Å². The molecule has 1 aliphatic carbocycles. The van der Waals surface area contributed by atoms with Crippen LogP contribution >= 0.6 is 0 Å². The highest BCUT2D eigenvalue weighted by molar-refractivity contribution is 5.54. The van der Waals surface area contributed by atoms with E-state index in [0.29, 0.717) is 29.9 Å². The Kier molecular flexibility index (Phi) is 5.30. The predicted molar refractivity (Wildman–Crippen MR) is 104 cm³/mol. The van der Waals surface area contributed by atoms with E-state index in [2.05, 4.69) is 15.1 Å². The van der Waals surface area contributed by atoms with E-state index in [-0.39, 0.29) is 17.1 Å². The molecule has 0 bridgehead atoms. The van der Waals surface area contributed by atoms with Gasteiger partial charge in [0.25, 0.3) is 0 Å². The average Bonchev–Trinajstić information content (AvgIpc) is 3.26. The Morgan fingerprint density at radius 3 is 2.44 bits per heavy atom. The fourth-order valence-electron chi connectivity index (χ4n) is 2.62. The molecule has 6 heteroatoms. The molecule has 1 saturated carbocycles. The second-order valence-corrected chi connectivity index (χ2v) is 9.41. The third-order valence-corrected chi connectivity index (χ3v) is 4.29. The highest BCUT2D eigenvalue weighted by Crippen LogP contribution is 2.45. The van der Waals surface area contributed by atoms with Gasteiger partial charge in [-0.2, -0.15) is 4.98 Å². The monoisotopic (exact) mass is 373 g/mol. The second-order valence-electron chi connectivity index (χ2n) is 9.41. The summed E-state index contributed by atoms with van der Waals surface area (Å²) >= 11 is 0. The van der Waals surface area contributed by atoms with Gasteiger partial charge in [0.1, 0.15) is 17.5 Å². The minimum Gasteiger partial charge on any atom is -0.488 e. The first kappa shape index (κ1) is 19.8. The lowest BCUT2D eigenvalue weighted by Gasteiger charge is -2.24. The molecule has 3 rings (SSSR count). The van der Waals surface area contributed by atoms with Crippen LogP contribution in [0.5, 0.6) is 5.75 Å². The molecular formula is C21H31N3O3. The van der Waals surface area contributed by atoms with Gasteiger partial charge in [-0.15, -0.1) is 0 Å². The maximum absolute atomic E-state index is 6.23. The highest BCUT2D eigenvalue weighted by atomic mass is 16.5. The topological polar surface area (TPSA) is 70.3 Å². The van der Waals surface area contributed by atoms with Gasteiger partial charge >= 0.3 is 0 Å². The third-order valence-electron chi connectivity index (χ3n) is 4.29. The first-order chi connectivity index (χ1) is 12.5. The van der Waals surface area contributed by atoms with Gasteiger partial charge in [-0.05, 0) is 46.5 Å². The normalized spacial score (nSPS) is 16.4. The van der Waals surface area contributed by atoms with Gasteiger partial charge in [-0.1, -0.05) is 25.9 Å². The molecule has 2 aromatic heterocycles. The van der Waals surface area contributed by atoms with E-state index in [4.69, 9.17) is 14.0 Å². The molecule has 2 aromatic rings. The van der Waals surface area contributed by atoms with Crippen molar-refractivity contribution < 1.29 is 14.0 Å². The molecule has 1 fully saturated rings. The summed E-state index contributed by atoms with van der Waals surface area (Å²) in [7, 11) is 0. The van der Waals surface area contributed by atoms with Crippen molar-refractivity contribution in [2.75, 3.05) is 6.61 Å². The molecule has 0 amide bonds. The number of hydrogen-bond donors (Lipinski definition) is 0. The number of nitrogens with zero attached hydrogens (tertiary/aromatic N) is 3. The number of pyridine rings is 1. The van der Waals surface area contributed by atoms with Crippen LogP contribution in [0.3, 0.4) is 0 Å². The van der Waals surface area contributed by atoms with Gasteiger partial charge in [0.05, 0.1) is 12.2 Å². The summed E-state index contributed by atoms with van der Waals surface area (Å²) in [6.45, 7) is 14.8. The van der Waals surface area contributed by atoms with Crippen LogP contribution in [0.25, 0.3) is 11.5 Å². The number of hydrogen-bond acceptors (Lipinski definition) is 6. The first-order valence-electron chi connectivity index (χ1n) is 9.68. The van der Waals surface area contributed by atoms with Crippen LogP contribution in [0.1, 0.15) is 78.7 Å². The fourth-order valence-corrected chi connectivity index (χ4v) is 2.62. The van der Waals surface area contributed by atoms with Crippen LogP contribution in [0.4, 0.5) is 0 Å². The second kappa shape index (κ2) is 7.23. The molecule has 1 unspecified atom stereocenters. The minimum atomic E-state index is -0.197. The Morgan fingerprint density at radius 2 is 1.89 bits per heavy atom. The van der Waals surface area contributed by atoms with Gasteiger partial charge in [-0.25, -0.2) is 0 Å². The number of rotatable bonds is 6. The quantitative estimate of drug-likeness (QED) is 0.718. The van der Waals surface area contributed by atoms with Crippen molar-refractivity contribution in [3.05, 3.63) is 23.7 Å². The summed E-state index contributed by atoms with van der Waals surface area (Å²) in [5.41, 5.74) is 1.43. The standard InChI is InChI=1S/C21H31N3O3/c1-13(12-25-21(5,6)7)26-17-10-16(22-11-15(17)14-8-9-14)18-23-19(27-24-18)20(2,3)4/h10-11,13-14H,8-9,12H2,1-7H3. The Balaban J connectivity index is 1.82. The maximum Gasteiger partial charge on any atom is 0.232 e. The average molecular weight is 373 g/mol. The van der Waals surface area contributed by atoms with E-state index < -0.39 is 0 Å². The molecule has 0 aliphatic heterocycles. The summed E-state index contributed by atoms with van der Waals surface area (Å²) in [4.78, 5) is 9.07. The molecule has 148 valence electrons. The summed E-state index contributed by atoms with van der Waals surface area (Å²) in [6.07, 6.45) is 4.20. The first-order valence-corrected chi connectivity index (χ1v) is 9.68. The Morgan fingerprint density at radius 1 is 1.19 bits per heavy atom. The van der Waals surface area contributed by atoms with Crippen LogP contribution < -0.4 is 4.74 Å². The molecule has 1 aliphatic rings. The van der Waals surface area contributed by atoms with E-state index in [1.807, 2.05) is 60.7 Å². The van der Waals surface area contributed by atoms with E-state index in [1.165, 1.54) is 12.8 Å². The molecule has 1 atom stereocenters. The van der Waals surface area contributed by atoms with Crippen molar-refractivity contribution in [2.24, 2.45) is 0 Å². The van der Waals surface area contributed by atoms with E-state index in [9.17, 15) is 0 Å². The zero-order valence-electron chi connectivity index (χ0n) is 17.5. The molecule has 0 saturated heterocycles. The van der Waals surface area contributed by atoms with Crippen molar-refractivity contribution >= 4 is 0 Å². The van der Waals surface area contributed by atoms with Crippen LogP contribution in [0.15, 0.2) is 16.8 Å². The fraction of sp³-hybridized carbons (Fsp3) is 0.667. The van der Waals surface area contributed by atoms with Crippen LogP contribution in [0.2, 0.25) is 0 Å². The molecule has 0 spiro atoms. The van der Waals surface area contributed by atoms with Gasteiger partial charge in [-0.3, -0.25) is 4.98 Å². The molecular weight excluding hydrogens is 342 g/mol. The number of ether oxygens (including phenoxy) is 2. The van der Waals surface area contributed by atoms with Crippen LogP contribution in [-0.2, 0) is 10.2 Å². The Hall–Kier alpha value is -1.95. The molecule has 0 aromatic carbocycles. The van der Waals surface area contributed by atoms with Crippen LogP contribution in [0, 0.1) is 0 Å². The van der Waals surface area contributed by atoms with Crippen LogP contribution in [-0.4, -0.2) is 33.4 Å². The number of aromatic nitrogens is 3. The summed E-state index contributed by atoms with van der Waals surface area (Å²) in [5, 5.41) is 4.10. The van der Waals surface area contributed by atoms with Gasteiger partial charge < -0.3 is 14.0 Å². The largest absolute Gasteiger partial charge is 0.488 e. The van der Waals surface area contributed by atoms with Crippen molar-refractivity contribution in [1.82, 2.24) is 15.1 Å². The summed E-state index contributed by atoms with van der Waals surface area (Å²) < 4.78 is 17.5. The smallest absolute Gasteiger partial charge is 0.232 e. The minimum absolute atomic E-state index is 0.0626. The van der Waals surface area contributed by atoms with Crippen molar-refractivity contribution in [3.63, 3.8) is 0 Å². The molecule has 0 radical (unpaired) electrons. The summed E-state index contributed by atoms with van der Waals surface area (Å²) in [6, 6.07) is 1.93. The predicted octanol–water partition coefficient (Wildman–Crippen LogP) is 4.89. The highest BCUT2D eigenvalue weighted by Gasteiger charge is 2.29. The molecule has 6 nitrogen and oxygen atoms in total. The van der Waals surface area contributed by atoms with E-state index in [1.54, 1.807) is 0 Å². The molecule has 0 N–H and O–H groups in total. The Labute approximate surface area is 161 Å². The zero-order chi connectivity index (χ0) is 19.8. The van der Waals surface area contributed by atoms with Crippen molar-refractivity contribution in [3.8, 4) is 17.3 Å². The zero-order valence-corrected chi connectivity index (χ0v) is 17.5. The SMILES string of the molecule is CC(COC(C)(C)C)Oc1cc(-c2noc(C(C)(C)C)n2)ncc1C1CC1. The van der Waals surface area contributed by atoms with Crippen molar-refractivity contribution in [1.29, 1.82) is 0 Å². The van der Waals surface area contributed by atoms with Gasteiger partial charge in [0, 0.05) is 23.2 Å². The Bertz CT molecular complexity index is 783. The third kappa shape index (κ3) is 5.28. The lowest BCUT2D eigenvalue weighted by atomic mass is 9.97. The lowest BCUT2D eigenvalue weighted by molar-refractivity contribution is -0.0376. The maximum atomic E-state index is 6.23. The van der Waals surface area contributed by atoms with Gasteiger partial charge in [0.15, 0.2) is 0 Å². The van der Waals surface area contributed by atoms with Gasteiger partial charge in [0.2, 0.25) is 11.7 Å². The lowest BCUT2D eigenvalue weighted by Crippen LogP contribution is -2.28.